The van der Waals surface area contributed by atoms with Crippen LogP contribution in [0.5, 0.6) is 0 Å². The number of amides is 1. The maximum atomic E-state index is 13.0. The van der Waals surface area contributed by atoms with E-state index in [1.807, 2.05) is 37.3 Å². The molecule has 0 spiro atoms. The molecule has 1 aliphatic rings. The SMILES string of the molecule is C[C@@H](CC(=O)Nc1nc2cc(C(F)(F)F)cnc2n1C1CCC1)c1ccccc1. The predicted molar refractivity (Wildman–Crippen MR) is 104 cm³/mol. The molecule has 0 aliphatic heterocycles. The molecule has 0 radical (unpaired) electrons. The van der Waals surface area contributed by atoms with Gasteiger partial charge in [-0.05, 0) is 36.8 Å². The average Bonchev–Trinajstić information content (AvgIpc) is 2.97. The molecule has 4 rings (SSSR count). The van der Waals surface area contributed by atoms with Gasteiger partial charge in [-0.1, -0.05) is 37.3 Å². The zero-order valence-corrected chi connectivity index (χ0v) is 15.9. The third-order valence-corrected chi connectivity index (χ3v) is 5.41. The molecule has 1 aliphatic carbocycles. The van der Waals surface area contributed by atoms with Gasteiger partial charge in [-0.3, -0.25) is 14.7 Å². The highest BCUT2D eigenvalue weighted by atomic mass is 19.4. The fraction of sp³-hybridized carbons (Fsp3) is 0.381. The third-order valence-electron chi connectivity index (χ3n) is 5.41. The lowest BCUT2D eigenvalue weighted by atomic mass is 9.93. The van der Waals surface area contributed by atoms with E-state index in [2.05, 4.69) is 15.3 Å². The summed E-state index contributed by atoms with van der Waals surface area (Å²) in [4.78, 5) is 20.9. The van der Waals surface area contributed by atoms with E-state index in [1.54, 1.807) is 4.57 Å². The normalized spacial score (nSPS) is 15.9. The maximum absolute atomic E-state index is 13.0. The van der Waals surface area contributed by atoms with Crippen LogP contribution in [0.2, 0.25) is 0 Å². The summed E-state index contributed by atoms with van der Waals surface area (Å²) in [5.74, 6) is 0.0442. The molecule has 1 amide bonds. The Morgan fingerprint density at radius 2 is 2.00 bits per heavy atom. The summed E-state index contributed by atoms with van der Waals surface area (Å²) < 4.78 is 40.9. The van der Waals surface area contributed by atoms with Gasteiger partial charge in [-0.25, -0.2) is 9.97 Å². The van der Waals surface area contributed by atoms with Crippen LogP contribution in [-0.2, 0) is 11.0 Å². The second-order valence-electron chi connectivity index (χ2n) is 7.52. The number of rotatable bonds is 5. The molecule has 0 unspecified atom stereocenters. The van der Waals surface area contributed by atoms with Gasteiger partial charge in [0.2, 0.25) is 11.9 Å². The number of fused-ring (bicyclic) bond motifs is 1. The number of hydrogen-bond donors (Lipinski definition) is 1. The standard InChI is InChI=1S/C21H21F3N4O/c1-13(14-6-3-2-4-7-14)10-18(29)27-20-26-17-11-15(21(22,23)24)12-25-19(17)28(20)16-8-5-9-16/h2-4,6-7,11-13,16H,5,8-10H2,1H3,(H,26,27,29)/t13-/m0/s1. The summed E-state index contributed by atoms with van der Waals surface area (Å²) in [6, 6.07) is 10.8. The number of hydrogen-bond acceptors (Lipinski definition) is 3. The van der Waals surface area contributed by atoms with Gasteiger partial charge in [-0.15, -0.1) is 0 Å². The third kappa shape index (κ3) is 3.97. The van der Waals surface area contributed by atoms with Crippen LogP contribution in [0, 0.1) is 0 Å². The highest BCUT2D eigenvalue weighted by Crippen LogP contribution is 2.38. The van der Waals surface area contributed by atoms with Crippen LogP contribution in [0.3, 0.4) is 0 Å². The van der Waals surface area contributed by atoms with Crippen molar-refractivity contribution >= 4 is 23.0 Å². The van der Waals surface area contributed by atoms with Gasteiger partial charge in [-0.2, -0.15) is 13.2 Å². The van der Waals surface area contributed by atoms with Gasteiger partial charge >= 0.3 is 6.18 Å². The molecule has 8 heteroatoms. The first-order chi connectivity index (χ1) is 13.8. The Balaban J connectivity index is 1.61. The van der Waals surface area contributed by atoms with Gasteiger partial charge in [0.1, 0.15) is 5.52 Å². The first kappa shape index (κ1) is 19.4. The highest BCUT2D eigenvalue weighted by molar-refractivity contribution is 5.91. The van der Waals surface area contributed by atoms with Gasteiger partial charge in [0, 0.05) is 18.7 Å². The smallest absolute Gasteiger partial charge is 0.296 e. The van der Waals surface area contributed by atoms with Gasteiger partial charge in [0.15, 0.2) is 5.65 Å². The van der Waals surface area contributed by atoms with E-state index in [9.17, 15) is 18.0 Å². The van der Waals surface area contributed by atoms with Gasteiger partial charge < -0.3 is 0 Å². The van der Waals surface area contributed by atoms with Crippen molar-refractivity contribution in [3.8, 4) is 0 Å². The second kappa shape index (κ2) is 7.50. The van der Waals surface area contributed by atoms with Crippen molar-refractivity contribution in [2.24, 2.45) is 0 Å². The van der Waals surface area contributed by atoms with Crippen LogP contribution in [-0.4, -0.2) is 20.4 Å². The van der Waals surface area contributed by atoms with Crippen molar-refractivity contribution in [1.82, 2.24) is 14.5 Å². The number of benzene rings is 1. The van der Waals surface area contributed by atoms with E-state index >= 15 is 0 Å². The summed E-state index contributed by atoms with van der Waals surface area (Å²) >= 11 is 0. The zero-order chi connectivity index (χ0) is 20.6. The molecule has 1 fully saturated rings. The Kier molecular flexibility index (Phi) is 5.02. The van der Waals surface area contributed by atoms with E-state index < -0.39 is 11.7 Å². The molecule has 152 valence electrons. The topological polar surface area (TPSA) is 59.8 Å². The Bertz CT molecular complexity index is 1030. The fourth-order valence-corrected chi connectivity index (χ4v) is 3.57. The molecule has 5 nitrogen and oxygen atoms in total. The summed E-state index contributed by atoms with van der Waals surface area (Å²) in [6.45, 7) is 1.96. The number of carbonyl (C=O) groups is 1. The molecule has 29 heavy (non-hydrogen) atoms. The summed E-state index contributed by atoms with van der Waals surface area (Å²) in [7, 11) is 0. The van der Waals surface area contributed by atoms with Crippen molar-refractivity contribution in [3.63, 3.8) is 0 Å². The van der Waals surface area contributed by atoms with Crippen LogP contribution < -0.4 is 5.32 Å². The second-order valence-corrected chi connectivity index (χ2v) is 7.52. The number of alkyl halides is 3. The van der Waals surface area contributed by atoms with Crippen LogP contribution in [0.4, 0.5) is 19.1 Å². The molecule has 0 saturated heterocycles. The number of pyridine rings is 1. The lowest BCUT2D eigenvalue weighted by Gasteiger charge is -2.28. The summed E-state index contributed by atoms with van der Waals surface area (Å²) in [5.41, 5.74) is 0.706. The summed E-state index contributed by atoms with van der Waals surface area (Å²) in [6.07, 6.45) is -0.615. The first-order valence-corrected chi connectivity index (χ1v) is 9.63. The Hall–Kier alpha value is -2.90. The maximum Gasteiger partial charge on any atom is 0.417 e. The fourth-order valence-electron chi connectivity index (χ4n) is 3.57. The molecule has 2 aromatic heterocycles. The van der Waals surface area contributed by atoms with E-state index in [-0.39, 0.29) is 35.8 Å². The molecular formula is C21H21F3N4O. The Morgan fingerprint density at radius 3 is 2.62 bits per heavy atom. The van der Waals surface area contributed by atoms with Crippen LogP contribution in [0.1, 0.15) is 55.7 Å². The molecule has 1 saturated carbocycles. The van der Waals surface area contributed by atoms with Crippen LogP contribution in [0.25, 0.3) is 11.2 Å². The number of carbonyl (C=O) groups excluding carboxylic acids is 1. The number of imidazole rings is 1. The molecule has 3 aromatic rings. The molecule has 2 heterocycles. The largest absolute Gasteiger partial charge is 0.417 e. The van der Waals surface area contributed by atoms with Crippen molar-refractivity contribution < 1.29 is 18.0 Å². The van der Waals surface area contributed by atoms with Crippen molar-refractivity contribution in [2.45, 2.75) is 50.7 Å². The van der Waals surface area contributed by atoms with Crippen LogP contribution >= 0.6 is 0 Å². The molecule has 1 aromatic carbocycles. The predicted octanol–water partition coefficient (Wildman–Crippen LogP) is 5.31. The average molecular weight is 402 g/mol. The van der Waals surface area contributed by atoms with E-state index in [1.165, 1.54) is 0 Å². The lowest BCUT2D eigenvalue weighted by molar-refractivity contribution is -0.137. The van der Waals surface area contributed by atoms with Crippen molar-refractivity contribution in [3.05, 3.63) is 53.7 Å². The minimum absolute atomic E-state index is 0.00712. The molecule has 1 N–H and O–H groups in total. The van der Waals surface area contributed by atoms with E-state index in [4.69, 9.17) is 0 Å². The lowest BCUT2D eigenvalue weighted by Crippen LogP contribution is -2.23. The molecule has 0 bridgehead atoms. The molecular weight excluding hydrogens is 381 g/mol. The summed E-state index contributed by atoms with van der Waals surface area (Å²) in [5, 5.41) is 2.80. The van der Waals surface area contributed by atoms with E-state index in [0.29, 0.717) is 5.65 Å². The van der Waals surface area contributed by atoms with E-state index in [0.717, 1.165) is 37.1 Å². The number of nitrogens with zero attached hydrogens (tertiary/aromatic N) is 3. The number of nitrogens with one attached hydrogen (secondary N) is 1. The Labute approximate surface area is 166 Å². The number of aromatic nitrogens is 3. The van der Waals surface area contributed by atoms with Crippen molar-refractivity contribution in [2.75, 3.05) is 5.32 Å². The number of anilines is 1. The van der Waals surface area contributed by atoms with Crippen molar-refractivity contribution in [1.29, 1.82) is 0 Å². The quantitative estimate of drug-likeness (QED) is 0.629. The first-order valence-electron chi connectivity index (χ1n) is 9.63. The van der Waals surface area contributed by atoms with Gasteiger partial charge in [0.05, 0.1) is 5.56 Å². The Morgan fingerprint density at radius 1 is 1.28 bits per heavy atom. The number of halogens is 3. The zero-order valence-electron chi connectivity index (χ0n) is 15.9. The van der Waals surface area contributed by atoms with Gasteiger partial charge in [0.25, 0.3) is 0 Å². The minimum Gasteiger partial charge on any atom is -0.296 e. The monoisotopic (exact) mass is 402 g/mol. The highest BCUT2D eigenvalue weighted by Gasteiger charge is 2.33. The molecule has 1 atom stereocenters. The van der Waals surface area contributed by atoms with Crippen LogP contribution in [0.15, 0.2) is 42.6 Å². The minimum atomic E-state index is -4.49.